The molecule has 0 saturated heterocycles. The van der Waals surface area contributed by atoms with Crippen LogP contribution in [-0.2, 0) is 26.2 Å². The zero-order valence-electron chi connectivity index (χ0n) is 24.1. The summed E-state index contributed by atoms with van der Waals surface area (Å²) in [5.74, 6) is -0.967. The summed E-state index contributed by atoms with van der Waals surface area (Å²) in [4.78, 5) is 28.7. The van der Waals surface area contributed by atoms with Crippen molar-refractivity contribution in [1.82, 2.24) is 10.2 Å². The summed E-state index contributed by atoms with van der Waals surface area (Å²) in [7, 11) is -4.27. The van der Waals surface area contributed by atoms with Crippen LogP contribution in [0.3, 0.4) is 0 Å². The molecule has 0 aliphatic rings. The van der Waals surface area contributed by atoms with Gasteiger partial charge < -0.3 is 15.0 Å². The Morgan fingerprint density at radius 2 is 1.54 bits per heavy atom. The van der Waals surface area contributed by atoms with Crippen molar-refractivity contribution in [2.45, 2.75) is 64.1 Å². The van der Waals surface area contributed by atoms with E-state index in [4.69, 9.17) is 4.74 Å². The van der Waals surface area contributed by atoms with Gasteiger partial charge in [-0.1, -0.05) is 37.3 Å². The number of anilines is 1. The lowest BCUT2D eigenvalue weighted by Gasteiger charge is -2.34. The standard InChI is InChI=1S/C31H38FN3O5S/c1-6-28(30(37)33-31(3,4)5)34(21-23-11-9-8-10-12-23)29(36)22-35(25-15-13-24(32)14-16-25)41(38,39)27-19-17-26(18-20-27)40-7-2/h8-20,28H,6-7,21-22H2,1-5H3,(H,33,37)/t28-/m0/s1. The second kappa shape index (κ2) is 13.6. The predicted octanol–water partition coefficient (Wildman–Crippen LogP) is 5.14. The Morgan fingerprint density at radius 1 is 0.927 bits per heavy atom. The number of amides is 2. The van der Waals surface area contributed by atoms with E-state index >= 15 is 0 Å². The van der Waals surface area contributed by atoms with E-state index in [0.717, 1.165) is 22.0 Å². The molecular formula is C31H38FN3O5S. The normalized spacial score (nSPS) is 12.3. The van der Waals surface area contributed by atoms with Gasteiger partial charge in [-0.15, -0.1) is 0 Å². The Balaban J connectivity index is 2.04. The van der Waals surface area contributed by atoms with Crippen LogP contribution in [0.1, 0.15) is 46.6 Å². The third-order valence-corrected chi connectivity index (χ3v) is 7.98. The monoisotopic (exact) mass is 583 g/mol. The van der Waals surface area contributed by atoms with Gasteiger partial charge >= 0.3 is 0 Å². The van der Waals surface area contributed by atoms with E-state index < -0.39 is 39.9 Å². The van der Waals surface area contributed by atoms with Crippen LogP contribution in [0.2, 0.25) is 0 Å². The van der Waals surface area contributed by atoms with Gasteiger partial charge in [-0.2, -0.15) is 0 Å². The maximum absolute atomic E-state index is 14.0. The second-order valence-electron chi connectivity index (χ2n) is 10.6. The molecule has 3 aromatic rings. The van der Waals surface area contributed by atoms with Gasteiger partial charge in [0.1, 0.15) is 24.2 Å². The summed E-state index contributed by atoms with van der Waals surface area (Å²) in [6.45, 7) is 9.07. The molecule has 0 radical (unpaired) electrons. The number of nitrogens with zero attached hydrogens (tertiary/aromatic N) is 2. The average Bonchev–Trinajstić information content (AvgIpc) is 2.92. The minimum absolute atomic E-state index is 0.0646. The third-order valence-electron chi connectivity index (χ3n) is 6.20. The van der Waals surface area contributed by atoms with E-state index in [1.165, 1.54) is 41.3 Å². The molecular weight excluding hydrogens is 545 g/mol. The van der Waals surface area contributed by atoms with Gasteiger partial charge in [0, 0.05) is 12.1 Å². The fraction of sp³-hybridized carbons (Fsp3) is 0.355. The molecule has 0 aliphatic carbocycles. The van der Waals surface area contributed by atoms with Crippen molar-refractivity contribution in [2.75, 3.05) is 17.5 Å². The summed E-state index contributed by atoms with van der Waals surface area (Å²) in [6, 6.07) is 19.1. The number of benzene rings is 3. The molecule has 3 aromatic carbocycles. The summed E-state index contributed by atoms with van der Waals surface area (Å²) in [5.41, 5.74) is 0.356. The van der Waals surface area contributed by atoms with Crippen LogP contribution in [-0.4, -0.2) is 49.9 Å². The van der Waals surface area contributed by atoms with E-state index in [2.05, 4.69) is 5.32 Å². The topological polar surface area (TPSA) is 96.0 Å². The molecule has 0 saturated carbocycles. The summed E-state index contributed by atoms with van der Waals surface area (Å²) >= 11 is 0. The molecule has 3 rings (SSSR count). The quantitative estimate of drug-likeness (QED) is 0.319. The minimum atomic E-state index is -4.27. The average molecular weight is 584 g/mol. The van der Waals surface area contributed by atoms with E-state index in [9.17, 15) is 22.4 Å². The number of carbonyl (C=O) groups is 2. The number of hydrogen-bond donors (Lipinski definition) is 1. The van der Waals surface area contributed by atoms with E-state index in [0.29, 0.717) is 18.8 Å². The van der Waals surface area contributed by atoms with Crippen molar-refractivity contribution in [1.29, 1.82) is 0 Å². The summed E-state index contributed by atoms with van der Waals surface area (Å²) in [6.07, 6.45) is 0.308. The maximum atomic E-state index is 14.0. The van der Waals surface area contributed by atoms with Crippen molar-refractivity contribution < 1.29 is 27.1 Å². The van der Waals surface area contributed by atoms with Gasteiger partial charge in [-0.25, -0.2) is 12.8 Å². The molecule has 0 unspecified atom stereocenters. The number of ether oxygens (including phenoxy) is 1. The fourth-order valence-corrected chi connectivity index (χ4v) is 5.70. The van der Waals surface area contributed by atoms with Crippen LogP contribution in [0.25, 0.3) is 0 Å². The highest BCUT2D eigenvalue weighted by Crippen LogP contribution is 2.26. The van der Waals surface area contributed by atoms with Gasteiger partial charge in [0.15, 0.2) is 0 Å². The number of halogens is 1. The number of rotatable bonds is 12. The highest BCUT2D eigenvalue weighted by atomic mass is 32.2. The first kappa shape index (κ1) is 31.6. The van der Waals surface area contributed by atoms with Crippen LogP contribution in [0.5, 0.6) is 5.75 Å². The first-order valence-corrected chi connectivity index (χ1v) is 15.0. The number of sulfonamides is 1. The molecule has 8 nitrogen and oxygen atoms in total. The molecule has 10 heteroatoms. The molecule has 2 amide bonds. The predicted molar refractivity (Wildman–Crippen MR) is 158 cm³/mol. The Labute approximate surface area is 242 Å². The Kier molecular flexibility index (Phi) is 10.5. The van der Waals surface area contributed by atoms with Crippen LogP contribution in [0.4, 0.5) is 10.1 Å². The third kappa shape index (κ3) is 8.53. The lowest BCUT2D eigenvalue weighted by Crippen LogP contribution is -2.55. The van der Waals surface area contributed by atoms with Crippen LogP contribution >= 0.6 is 0 Å². The Bertz CT molecular complexity index is 1410. The lowest BCUT2D eigenvalue weighted by atomic mass is 10.1. The highest BCUT2D eigenvalue weighted by Gasteiger charge is 2.34. The van der Waals surface area contributed by atoms with Crippen molar-refractivity contribution in [3.63, 3.8) is 0 Å². The van der Waals surface area contributed by atoms with Gasteiger partial charge in [0.05, 0.1) is 17.2 Å². The van der Waals surface area contributed by atoms with E-state index in [1.807, 2.05) is 58.0 Å². The van der Waals surface area contributed by atoms with Crippen LogP contribution in [0, 0.1) is 5.82 Å². The maximum Gasteiger partial charge on any atom is 0.264 e. The summed E-state index contributed by atoms with van der Waals surface area (Å²) in [5, 5.41) is 2.94. The van der Waals surface area contributed by atoms with Crippen molar-refractivity contribution in [3.8, 4) is 5.75 Å². The SMILES string of the molecule is CCOc1ccc(S(=O)(=O)N(CC(=O)N(Cc2ccccc2)[C@@H](CC)C(=O)NC(C)(C)C)c2ccc(F)cc2)cc1. The van der Waals surface area contributed by atoms with Crippen molar-refractivity contribution in [2.24, 2.45) is 0 Å². The van der Waals surface area contributed by atoms with E-state index in [-0.39, 0.29) is 23.0 Å². The molecule has 1 N–H and O–H groups in total. The summed E-state index contributed by atoms with van der Waals surface area (Å²) < 4.78 is 48.0. The smallest absolute Gasteiger partial charge is 0.264 e. The first-order valence-electron chi connectivity index (χ1n) is 13.5. The van der Waals surface area contributed by atoms with Gasteiger partial charge in [-0.05, 0) is 88.2 Å². The molecule has 0 fully saturated rings. The molecule has 220 valence electrons. The number of hydrogen-bond acceptors (Lipinski definition) is 5. The zero-order valence-corrected chi connectivity index (χ0v) is 24.9. The fourth-order valence-electron chi connectivity index (χ4n) is 4.29. The van der Waals surface area contributed by atoms with Gasteiger partial charge in [0.25, 0.3) is 10.0 Å². The molecule has 0 spiro atoms. The van der Waals surface area contributed by atoms with Crippen LogP contribution < -0.4 is 14.4 Å². The molecule has 0 aromatic heterocycles. The van der Waals surface area contributed by atoms with Crippen molar-refractivity contribution in [3.05, 3.63) is 90.2 Å². The number of carbonyl (C=O) groups excluding carboxylic acids is 2. The first-order chi connectivity index (χ1) is 19.4. The molecule has 0 bridgehead atoms. The molecule has 0 aliphatic heterocycles. The van der Waals surface area contributed by atoms with E-state index in [1.54, 1.807) is 6.92 Å². The van der Waals surface area contributed by atoms with Gasteiger partial charge in [-0.3, -0.25) is 13.9 Å². The molecule has 1 atom stereocenters. The highest BCUT2D eigenvalue weighted by molar-refractivity contribution is 7.92. The number of nitrogens with one attached hydrogen (secondary N) is 1. The Morgan fingerprint density at radius 3 is 2.07 bits per heavy atom. The molecule has 0 heterocycles. The largest absolute Gasteiger partial charge is 0.494 e. The minimum Gasteiger partial charge on any atom is -0.494 e. The zero-order chi connectivity index (χ0) is 30.2. The second-order valence-corrected chi connectivity index (χ2v) is 12.4. The van der Waals surface area contributed by atoms with Crippen LogP contribution in [0.15, 0.2) is 83.8 Å². The van der Waals surface area contributed by atoms with Crippen molar-refractivity contribution >= 4 is 27.5 Å². The lowest BCUT2D eigenvalue weighted by molar-refractivity contribution is -0.141. The Hall–Kier alpha value is -3.92. The molecule has 41 heavy (non-hydrogen) atoms. The van der Waals surface area contributed by atoms with Gasteiger partial charge in [0.2, 0.25) is 11.8 Å².